The van der Waals surface area contributed by atoms with E-state index in [1.807, 2.05) is 41.8 Å². The lowest BCUT2D eigenvalue weighted by Gasteiger charge is -2.03. The fraction of sp³-hybridized carbons (Fsp3) is 0.214. The van der Waals surface area contributed by atoms with Crippen LogP contribution in [-0.4, -0.2) is 6.61 Å². The van der Waals surface area contributed by atoms with Crippen molar-refractivity contribution in [3.8, 4) is 6.07 Å². The number of thiophene rings is 1. The molecule has 86 valence electrons. The first-order chi connectivity index (χ1) is 8.40. The molecule has 0 spiro atoms. The van der Waals surface area contributed by atoms with Crippen LogP contribution in [0.5, 0.6) is 0 Å². The summed E-state index contributed by atoms with van der Waals surface area (Å²) in [6.45, 7) is 1.28. The Labute approximate surface area is 105 Å². The fourth-order valence-corrected chi connectivity index (χ4v) is 2.32. The van der Waals surface area contributed by atoms with Crippen LogP contribution in [-0.2, 0) is 17.8 Å². The van der Waals surface area contributed by atoms with E-state index in [1.54, 1.807) is 0 Å². The molecule has 0 aliphatic carbocycles. The van der Waals surface area contributed by atoms with Crippen molar-refractivity contribution in [2.45, 2.75) is 13.0 Å². The number of rotatable bonds is 5. The molecule has 0 aliphatic rings. The highest BCUT2D eigenvalue weighted by atomic mass is 32.1. The van der Waals surface area contributed by atoms with Gasteiger partial charge in [0.25, 0.3) is 0 Å². The van der Waals surface area contributed by atoms with Crippen LogP contribution in [0.15, 0.2) is 41.8 Å². The highest BCUT2D eigenvalue weighted by molar-refractivity contribution is 7.10. The second kappa shape index (κ2) is 6.19. The van der Waals surface area contributed by atoms with Crippen LogP contribution in [0.4, 0.5) is 0 Å². The Kier molecular flexibility index (Phi) is 4.31. The van der Waals surface area contributed by atoms with Crippen LogP contribution in [0.25, 0.3) is 0 Å². The molecule has 17 heavy (non-hydrogen) atoms. The Morgan fingerprint density at radius 3 is 2.76 bits per heavy atom. The average molecular weight is 243 g/mol. The van der Waals surface area contributed by atoms with Crippen molar-refractivity contribution in [3.63, 3.8) is 0 Å². The summed E-state index contributed by atoms with van der Waals surface area (Å²) in [6, 6.07) is 14.3. The maximum atomic E-state index is 8.86. The topological polar surface area (TPSA) is 33.0 Å². The van der Waals surface area contributed by atoms with Gasteiger partial charge in [-0.2, -0.15) is 5.26 Å². The predicted molar refractivity (Wildman–Crippen MR) is 68.8 cm³/mol. The van der Waals surface area contributed by atoms with Crippen molar-refractivity contribution < 1.29 is 4.74 Å². The minimum Gasteiger partial charge on any atom is -0.376 e. The van der Waals surface area contributed by atoms with Crippen LogP contribution >= 0.6 is 11.3 Å². The van der Waals surface area contributed by atoms with Crippen molar-refractivity contribution in [2.24, 2.45) is 0 Å². The van der Waals surface area contributed by atoms with Crippen molar-refractivity contribution in [3.05, 3.63) is 57.8 Å². The Hall–Kier alpha value is -1.63. The largest absolute Gasteiger partial charge is 0.376 e. The van der Waals surface area contributed by atoms with Gasteiger partial charge in [0, 0.05) is 0 Å². The van der Waals surface area contributed by atoms with Gasteiger partial charge in [0.1, 0.15) is 10.9 Å². The van der Waals surface area contributed by atoms with Crippen LogP contribution in [0.2, 0.25) is 0 Å². The molecule has 1 heterocycles. The highest BCUT2D eigenvalue weighted by Crippen LogP contribution is 2.16. The third-order valence-electron chi connectivity index (χ3n) is 2.48. The molecule has 2 nitrogen and oxygen atoms in total. The summed E-state index contributed by atoms with van der Waals surface area (Å²) < 4.78 is 5.59. The van der Waals surface area contributed by atoms with Crippen molar-refractivity contribution in [1.29, 1.82) is 5.26 Å². The zero-order chi connectivity index (χ0) is 11.9. The fourth-order valence-electron chi connectivity index (χ4n) is 1.58. The van der Waals surface area contributed by atoms with E-state index < -0.39 is 0 Å². The third-order valence-corrected chi connectivity index (χ3v) is 3.34. The minimum absolute atomic E-state index is 0.632. The molecule has 0 radical (unpaired) electrons. The smallest absolute Gasteiger partial charge is 0.110 e. The number of ether oxygens (including phenoxy) is 1. The highest BCUT2D eigenvalue weighted by Gasteiger charge is 2.02. The average Bonchev–Trinajstić information content (AvgIpc) is 2.83. The zero-order valence-electron chi connectivity index (χ0n) is 9.43. The van der Waals surface area contributed by atoms with E-state index in [-0.39, 0.29) is 0 Å². The van der Waals surface area contributed by atoms with E-state index in [0.29, 0.717) is 13.2 Å². The van der Waals surface area contributed by atoms with E-state index in [9.17, 15) is 0 Å². The molecular formula is C14H13NOS. The Bertz CT molecular complexity index is 498. The maximum Gasteiger partial charge on any atom is 0.110 e. The van der Waals surface area contributed by atoms with Gasteiger partial charge < -0.3 is 4.74 Å². The lowest BCUT2D eigenvalue weighted by molar-refractivity contribution is 0.124. The second-order valence-corrected chi connectivity index (χ2v) is 4.59. The van der Waals surface area contributed by atoms with E-state index >= 15 is 0 Å². The van der Waals surface area contributed by atoms with E-state index in [2.05, 4.69) is 6.07 Å². The van der Waals surface area contributed by atoms with Gasteiger partial charge in [0.05, 0.1) is 13.2 Å². The maximum absolute atomic E-state index is 8.86. The molecule has 0 saturated carbocycles. The monoisotopic (exact) mass is 243 g/mol. The summed E-state index contributed by atoms with van der Waals surface area (Å²) in [5, 5.41) is 10.8. The number of hydrogen-bond acceptors (Lipinski definition) is 3. The van der Waals surface area contributed by atoms with Crippen LogP contribution in [0.1, 0.15) is 16.0 Å². The number of benzene rings is 1. The van der Waals surface area contributed by atoms with Gasteiger partial charge in [-0.05, 0) is 29.0 Å². The molecule has 0 N–H and O–H groups in total. The molecule has 2 aromatic rings. The summed E-state index contributed by atoms with van der Waals surface area (Å²) >= 11 is 1.49. The van der Waals surface area contributed by atoms with E-state index in [0.717, 1.165) is 16.9 Å². The van der Waals surface area contributed by atoms with Gasteiger partial charge in [-0.25, -0.2) is 0 Å². The van der Waals surface area contributed by atoms with Crippen LogP contribution in [0.3, 0.4) is 0 Å². The van der Waals surface area contributed by atoms with Crippen molar-refractivity contribution in [1.82, 2.24) is 0 Å². The van der Waals surface area contributed by atoms with Gasteiger partial charge in [0.2, 0.25) is 0 Å². The van der Waals surface area contributed by atoms with Crippen LogP contribution in [0, 0.1) is 11.3 Å². The summed E-state index contributed by atoms with van der Waals surface area (Å²) in [5.41, 5.74) is 2.27. The van der Waals surface area contributed by atoms with Crippen LogP contribution < -0.4 is 0 Å². The normalized spacial score (nSPS) is 10.1. The van der Waals surface area contributed by atoms with Gasteiger partial charge in [-0.3, -0.25) is 0 Å². The van der Waals surface area contributed by atoms with Gasteiger partial charge in [-0.15, -0.1) is 11.3 Å². The molecule has 0 fully saturated rings. The molecule has 0 unspecified atom stereocenters. The van der Waals surface area contributed by atoms with Gasteiger partial charge in [-0.1, -0.05) is 30.3 Å². The number of nitrogens with zero attached hydrogens (tertiary/aromatic N) is 1. The molecule has 0 saturated heterocycles. The Morgan fingerprint density at radius 1 is 1.18 bits per heavy atom. The third kappa shape index (κ3) is 3.42. The minimum atomic E-state index is 0.632. The predicted octanol–water partition coefficient (Wildman–Crippen LogP) is 3.38. The Morgan fingerprint density at radius 2 is 2.00 bits per heavy atom. The van der Waals surface area contributed by atoms with Gasteiger partial charge >= 0.3 is 0 Å². The van der Waals surface area contributed by atoms with Gasteiger partial charge in [0.15, 0.2) is 0 Å². The lowest BCUT2D eigenvalue weighted by atomic mass is 10.2. The molecule has 0 aliphatic heterocycles. The van der Waals surface area contributed by atoms with Crippen molar-refractivity contribution >= 4 is 11.3 Å². The summed E-state index contributed by atoms with van der Waals surface area (Å²) in [6.07, 6.45) is 0.805. The van der Waals surface area contributed by atoms with E-state index in [4.69, 9.17) is 10.00 Å². The second-order valence-electron chi connectivity index (χ2n) is 3.67. The standard InChI is InChI=1S/C14H13NOS/c15-10-14-13(7-9-17-14)6-8-16-11-12-4-2-1-3-5-12/h1-5,7,9H,6,8,11H2. The van der Waals surface area contributed by atoms with E-state index in [1.165, 1.54) is 16.9 Å². The molecule has 3 heteroatoms. The zero-order valence-corrected chi connectivity index (χ0v) is 10.2. The SMILES string of the molecule is N#Cc1sccc1CCOCc1ccccc1. The molecule has 0 atom stereocenters. The first-order valence-corrected chi connectivity index (χ1v) is 6.36. The molecule has 1 aromatic carbocycles. The quantitative estimate of drug-likeness (QED) is 0.754. The summed E-state index contributed by atoms with van der Waals surface area (Å²) in [7, 11) is 0. The number of nitriles is 1. The molecule has 0 amide bonds. The molecular weight excluding hydrogens is 230 g/mol. The summed E-state index contributed by atoms with van der Waals surface area (Å²) in [5.74, 6) is 0. The van der Waals surface area contributed by atoms with Crippen molar-refractivity contribution in [2.75, 3.05) is 6.61 Å². The summed E-state index contributed by atoms with van der Waals surface area (Å²) in [4.78, 5) is 0.799. The Balaban J connectivity index is 1.76. The number of hydrogen-bond donors (Lipinski definition) is 0. The molecule has 1 aromatic heterocycles. The lowest BCUT2D eigenvalue weighted by Crippen LogP contribution is -1.99. The molecule has 0 bridgehead atoms. The molecule has 2 rings (SSSR count). The first-order valence-electron chi connectivity index (χ1n) is 5.48. The first kappa shape index (κ1) is 11.8.